The van der Waals surface area contributed by atoms with Gasteiger partial charge in [0.15, 0.2) is 5.82 Å². The van der Waals surface area contributed by atoms with Crippen LogP contribution in [0.3, 0.4) is 0 Å². The van der Waals surface area contributed by atoms with Gasteiger partial charge in [0.05, 0.1) is 15.9 Å². The van der Waals surface area contributed by atoms with E-state index in [9.17, 15) is 8.42 Å². The van der Waals surface area contributed by atoms with Crippen molar-refractivity contribution in [3.8, 4) is 0 Å². The fourth-order valence-electron chi connectivity index (χ4n) is 3.39. The molecule has 150 valence electrons. The third-order valence-corrected chi connectivity index (χ3v) is 6.55. The van der Waals surface area contributed by atoms with E-state index in [1.807, 2.05) is 49.4 Å². The van der Waals surface area contributed by atoms with E-state index in [0.29, 0.717) is 29.9 Å². The van der Waals surface area contributed by atoms with Gasteiger partial charge in [-0.3, -0.25) is 4.40 Å². The topological polar surface area (TPSA) is 80.5 Å². The minimum atomic E-state index is -3.80. The van der Waals surface area contributed by atoms with Crippen molar-refractivity contribution < 1.29 is 8.42 Å². The van der Waals surface area contributed by atoms with Crippen LogP contribution in [-0.4, -0.2) is 34.5 Å². The Morgan fingerprint density at radius 2 is 1.69 bits per heavy atom. The number of fused-ring (bicyclic) bond motifs is 3. The molecule has 0 aliphatic rings. The molecule has 4 aromatic rings. The fourth-order valence-corrected chi connectivity index (χ4v) is 4.92. The first kappa shape index (κ1) is 19.3. The number of hydrogen-bond donors (Lipinski definition) is 0. The molecule has 29 heavy (non-hydrogen) atoms. The first-order valence-corrected chi connectivity index (χ1v) is 11.1. The minimum Gasteiger partial charge on any atom is -0.274 e. The van der Waals surface area contributed by atoms with E-state index in [-0.39, 0.29) is 10.8 Å². The van der Waals surface area contributed by atoms with Crippen LogP contribution in [-0.2, 0) is 10.0 Å². The lowest BCUT2D eigenvalue weighted by Crippen LogP contribution is -2.33. The second-order valence-electron chi connectivity index (χ2n) is 7.19. The van der Waals surface area contributed by atoms with Gasteiger partial charge in [-0.25, -0.2) is 17.7 Å². The number of aromatic nitrogens is 4. The largest absolute Gasteiger partial charge is 0.274 e. The molecule has 0 bridgehead atoms. The summed E-state index contributed by atoms with van der Waals surface area (Å²) in [5.74, 6) is 1.19. The highest BCUT2D eigenvalue weighted by Gasteiger charge is 2.29. The Bertz CT molecular complexity index is 1270. The van der Waals surface area contributed by atoms with Crippen molar-refractivity contribution in [1.82, 2.24) is 19.6 Å². The van der Waals surface area contributed by atoms with Crippen molar-refractivity contribution in [1.29, 1.82) is 0 Å². The van der Waals surface area contributed by atoms with Crippen LogP contribution in [0.25, 0.3) is 16.7 Å². The SMILES string of the molecule is CCCN(c1nc2ccccc2n2c(C(C)C)nnc12)S(=O)(=O)c1ccccc1. The summed E-state index contributed by atoms with van der Waals surface area (Å²) in [5, 5.41) is 8.70. The monoisotopic (exact) mass is 409 g/mol. The van der Waals surface area contributed by atoms with E-state index in [4.69, 9.17) is 4.98 Å². The highest BCUT2D eigenvalue weighted by atomic mass is 32.2. The number of anilines is 1. The zero-order chi connectivity index (χ0) is 20.6. The molecule has 8 heteroatoms. The average molecular weight is 410 g/mol. The zero-order valence-corrected chi connectivity index (χ0v) is 17.5. The molecule has 2 heterocycles. The lowest BCUT2D eigenvalue weighted by Gasteiger charge is -2.24. The molecule has 0 aliphatic carbocycles. The fraction of sp³-hybridized carbons (Fsp3) is 0.286. The Hall–Kier alpha value is -3.00. The smallest absolute Gasteiger partial charge is 0.265 e. The first-order valence-electron chi connectivity index (χ1n) is 9.66. The van der Waals surface area contributed by atoms with Gasteiger partial charge in [0.25, 0.3) is 10.0 Å². The van der Waals surface area contributed by atoms with Crippen molar-refractivity contribution in [2.45, 2.75) is 38.0 Å². The number of benzene rings is 2. The van der Waals surface area contributed by atoms with Gasteiger partial charge in [0.2, 0.25) is 5.65 Å². The summed E-state index contributed by atoms with van der Waals surface area (Å²) in [6.07, 6.45) is 0.637. The summed E-state index contributed by atoms with van der Waals surface area (Å²) in [7, 11) is -3.80. The predicted molar refractivity (Wildman–Crippen MR) is 114 cm³/mol. The summed E-state index contributed by atoms with van der Waals surface area (Å²) in [6.45, 7) is 6.31. The van der Waals surface area contributed by atoms with Crippen molar-refractivity contribution >= 4 is 32.5 Å². The van der Waals surface area contributed by atoms with E-state index in [1.165, 1.54) is 4.31 Å². The molecule has 0 N–H and O–H groups in total. The minimum absolute atomic E-state index is 0.119. The molecule has 0 unspecified atom stereocenters. The molecular weight excluding hydrogens is 386 g/mol. The molecule has 7 nitrogen and oxygen atoms in total. The summed E-state index contributed by atoms with van der Waals surface area (Å²) >= 11 is 0. The van der Waals surface area contributed by atoms with Gasteiger partial charge in [-0.15, -0.1) is 10.2 Å². The predicted octanol–water partition coefficient (Wildman–Crippen LogP) is 4.01. The summed E-state index contributed by atoms with van der Waals surface area (Å²) in [4.78, 5) is 4.94. The van der Waals surface area contributed by atoms with E-state index >= 15 is 0 Å². The molecule has 0 spiro atoms. The first-order chi connectivity index (χ1) is 13.9. The van der Waals surface area contributed by atoms with E-state index in [1.54, 1.807) is 30.3 Å². The Balaban J connectivity index is 2.04. The van der Waals surface area contributed by atoms with Gasteiger partial charge in [-0.05, 0) is 30.7 Å². The summed E-state index contributed by atoms with van der Waals surface area (Å²) in [6, 6.07) is 16.1. The molecule has 0 saturated heterocycles. The number of para-hydroxylation sites is 2. The Morgan fingerprint density at radius 1 is 1.00 bits per heavy atom. The Kier molecular flexibility index (Phi) is 4.96. The van der Waals surface area contributed by atoms with Crippen molar-refractivity contribution in [3.63, 3.8) is 0 Å². The second-order valence-corrected chi connectivity index (χ2v) is 9.05. The van der Waals surface area contributed by atoms with Crippen molar-refractivity contribution in [2.24, 2.45) is 0 Å². The molecule has 0 amide bonds. The van der Waals surface area contributed by atoms with Crippen molar-refractivity contribution in [2.75, 3.05) is 10.8 Å². The quantitative estimate of drug-likeness (QED) is 0.481. The van der Waals surface area contributed by atoms with Crippen LogP contribution in [0.5, 0.6) is 0 Å². The van der Waals surface area contributed by atoms with Crippen LogP contribution in [0.2, 0.25) is 0 Å². The van der Waals surface area contributed by atoms with Gasteiger partial charge in [-0.1, -0.05) is 51.1 Å². The second kappa shape index (κ2) is 7.44. The molecule has 2 aromatic heterocycles. The van der Waals surface area contributed by atoms with E-state index in [0.717, 1.165) is 11.3 Å². The van der Waals surface area contributed by atoms with Gasteiger partial charge in [0, 0.05) is 12.5 Å². The summed E-state index contributed by atoms with van der Waals surface area (Å²) in [5.41, 5.74) is 2.00. The molecule has 0 aliphatic heterocycles. The zero-order valence-electron chi connectivity index (χ0n) is 16.6. The van der Waals surface area contributed by atoms with E-state index in [2.05, 4.69) is 10.2 Å². The van der Waals surface area contributed by atoms with Gasteiger partial charge in [-0.2, -0.15) is 0 Å². The maximum Gasteiger partial charge on any atom is 0.265 e. The van der Waals surface area contributed by atoms with Gasteiger partial charge in [0.1, 0.15) is 5.82 Å². The molecule has 0 saturated carbocycles. The molecule has 0 atom stereocenters. The number of nitrogens with zero attached hydrogens (tertiary/aromatic N) is 5. The lowest BCUT2D eigenvalue weighted by molar-refractivity contribution is 0.589. The molecule has 2 aromatic carbocycles. The number of hydrogen-bond acceptors (Lipinski definition) is 5. The van der Waals surface area contributed by atoms with Crippen LogP contribution in [0.4, 0.5) is 5.82 Å². The number of sulfonamides is 1. The molecule has 4 rings (SSSR count). The lowest BCUT2D eigenvalue weighted by atomic mass is 10.2. The van der Waals surface area contributed by atoms with Crippen LogP contribution < -0.4 is 4.31 Å². The van der Waals surface area contributed by atoms with Crippen molar-refractivity contribution in [3.05, 3.63) is 60.4 Å². The normalized spacial score (nSPS) is 12.1. The Morgan fingerprint density at radius 3 is 2.38 bits per heavy atom. The van der Waals surface area contributed by atoms with Crippen LogP contribution in [0.1, 0.15) is 38.9 Å². The average Bonchev–Trinajstić information content (AvgIpc) is 3.18. The van der Waals surface area contributed by atoms with Gasteiger partial charge < -0.3 is 0 Å². The highest BCUT2D eigenvalue weighted by molar-refractivity contribution is 7.92. The molecular formula is C21H23N5O2S. The van der Waals surface area contributed by atoms with Gasteiger partial charge >= 0.3 is 0 Å². The highest BCUT2D eigenvalue weighted by Crippen LogP contribution is 2.30. The Labute approximate surface area is 170 Å². The van der Waals surface area contributed by atoms with Crippen LogP contribution >= 0.6 is 0 Å². The molecule has 0 radical (unpaired) electrons. The van der Waals surface area contributed by atoms with Crippen LogP contribution in [0.15, 0.2) is 59.5 Å². The maximum absolute atomic E-state index is 13.5. The maximum atomic E-state index is 13.5. The summed E-state index contributed by atoms with van der Waals surface area (Å²) < 4.78 is 30.2. The molecule has 0 fully saturated rings. The third kappa shape index (κ3) is 3.23. The van der Waals surface area contributed by atoms with Crippen LogP contribution in [0, 0.1) is 0 Å². The standard InChI is InChI=1S/C21H23N5O2S/c1-4-14-25(29(27,28)16-10-6-5-7-11-16)20-21-24-23-19(15(2)3)26(21)18-13-9-8-12-17(18)22-20/h5-13,15H,4,14H2,1-3H3. The third-order valence-electron chi connectivity index (χ3n) is 4.75. The van der Waals surface area contributed by atoms with E-state index < -0.39 is 10.0 Å². The number of rotatable bonds is 6.